The topological polar surface area (TPSA) is 109 Å². The van der Waals surface area contributed by atoms with Gasteiger partial charge in [0.1, 0.15) is 6.67 Å². The Bertz CT molecular complexity index is 594. The monoisotopic (exact) mass is 304 g/mol. The Hall–Kier alpha value is -2.55. The van der Waals surface area contributed by atoms with E-state index in [4.69, 9.17) is 16.2 Å². The summed E-state index contributed by atoms with van der Waals surface area (Å²) in [7, 11) is 1.62. The minimum Gasteiger partial charge on any atom is -0.481 e. The number of piperazine rings is 1. The zero-order chi connectivity index (χ0) is 15.5. The minimum atomic E-state index is 0.199. The van der Waals surface area contributed by atoms with Gasteiger partial charge in [-0.1, -0.05) is 0 Å². The summed E-state index contributed by atoms with van der Waals surface area (Å²) in [6, 6.07) is 0. The summed E-state index contributed by atoms with van der Waals surface area (Å²) in [6.45, 7) is 3.98. The largest absolute Gasteiger partial charge is 0.481 e. The van der Waals surface area contributed by atoms with Gasteiger partial charge in [-0.15, -0.1) is 0 Å². The molecule has 0 aromatic carbocycles. The molecule has 0 spiro atoms. The third kappa shape index (κ3) is 2.89. The van der Waals surface area contributed by atoms with Crippen molar-refractivity contribution in [2.45, 2.75) is 0 Å². The van der Waals surface area contributed by atoms with E-state index in [0.717, 1.165) is 31.9 Å². The Labute approximate surface area is 128 Å². The molecule has 0 atom stereocenters. The molecule has 1 aromatic heterocycles. The van der Waals surface area contributed by atoms with Crippen molar-refractivity contribution in [2.24, 2.45) is 4.99 Å². The number of hydrogen-bond acceptors (Lipinski definition) is 9. The Morgan fingerprint density at radius 1 is 1.18 bits per heavy atom. The number of aromatic nitrogens is 2. The van der Waals surface area contributed by atoms with Gasteiger partial charge in [0.2, 0.25) is 11.8 Å². The summed E-state index contributed by atoms with van der Waals surface area (Å²) in [5.74, 6) is 1.28. The highest BCUT2D eigenvalue weighted by atomic mass is 16.5. The molecule has 1 saturated heterocycles. The summed E-state index contributed by atoms with van der Waals surface area (Å²) < 4.78 is 5.10. The summed E-state index contributed by atoms with van der Waals surface area (Å²) in [4.78, 5) is 14.5. The van der Waals surface area contributed by atoms with E-state index >= 15 is 0 Å². The molecule has 0 radical (unpaired) electrons. The van der Waals surface area contributed by atoms with Crippen molar-refractivity contribution < 1.29 is 4.74 Å². The number of aliphatic imine (C=N–C) groups is 1. The van der Waals surface area contributed by atoms with Gasteiger partial charge in [0.05, 0.1) is 19.0 Å². The van der Waals surface area contributed by atoms with Crippen LogP contribution in [0.1, 0.15) is 0 Å². The van der Waals surface area contributed by atoms with Crippen LogP contribution in [0.25, 0.3) is 0 Å². The molecule has 22 heavy (non-hydrogen) atoms. The van der Waals surface area contributed by atoms with Crippen molar-refractivity contribution in [1.82, 2.24) is 20.0 Å². The van der Waals surface area contributed by atoms with E-state index in [1.165, 1.54) is 0 Å². The summed E-state index contributed by atoms with van der Waals surface area (Å²) in [5.41, 5.74) is 12.3. The summed E-state index contributed by atoms with van der Waals surface area (Å²) in [5, 5.41) is 4.33. The van der Waals surface area contributed by atoms with Crippen LogP contribution in [0.5, 0.6) is 0 Å². The summed E-state index contributed by atoms with van der Waals surface area (Å²) in [6.07, 6.45) is 5.53. The molecule has 0 unspecified atom stereocenters. The highest BCUT2D eigenvalue weighted by molar-refractivity contribution is 5.87. The molecule has 1 aromatic rings. The number of nitrogens with zero attached hydrogens (tertiary/aromatic N) is 6. The molecule has 2 aliphatic heterocycles. The number of nitrogen functional groups attached to an aromatic ring is 2. The third-order valence-electron chi connectivity index (χ3n) is 3.75. The molecule has 118 valence electrons. The molecule has 3 heterocycles. The number of anilines is 3. The second-order valence-corrected chi connectivity index (χ2v) is 5.04. The first-order chi connectivity index (χ1) is 10.7. The maximum absolute atomic E-state index is 5.92. The number of hydrogen-bond donors (Lipinski definition) is 2. The molecule has 1 fully saturated rings. The van der Waals surface area contributed by atoms with Crippen LogP contribution in [0.4, 0.5) is 17.5 Å². The zero-order valence-electron chi connectivity index (χ0n) is 12.5. The van der Waals surface area contributed by atoms with Gasteiger partial charge in [-0.3, -0.25) is 5.01 Å². The SMILES string of the molecule is COC1=NCN(N2CCN(c3cnc(N)nc3N)CC2)C=C1. The minimum absolute atomic E-state index is 0.199. The first kappa shape index (κ1) is 14.4. The van der Waals surface area contributed by atoms with Crippen LogP contribution < -0.4 is 16.4 Å². The average molecular weight is 304 g/mol. The van der Waals surface area contributed by atoms with Gasteiger partial charge in [-0.25, -0.2) is 15.0 Å². The van der Waals surface area contributed by atoms with Crippen LogP contribution in [0.15, 0.2) is 23.5 Å². The normalized spacial score (nSPS) is 19.2. The molecule has 0 saturated carbocycles. The first-order valence-electron chi connectivity index (χ1n) is 7.08. The number of ether oxygens (including phenoxy) is 1. The van der Waals surface area contributed by atoms with Crippen LogP contribution in [-0.2, 0) is 4.74 Å². The average Bonchev–Trinajstić information content (AvgIpc) is 2.55. The molecule has 0 aliphatic carbocycles. The molecule has 2 aliphatic rings. The zero-order valence-corrected chi connectivity index (χ0v) is 12.5. The third-order valence-corrected chi connectivity index (χ3v) is 3.75. The fraction of sp³-hybridized carbons (Fsp3) is 0.462. The second kappa shape index (κ2) is 6.06. The van der Waals surface area contributed by atoms with Gasteiger partial charge in [0.25, 0.3) is 0 Å². The lowest BCUT2D eigenvalue weighted by Gasteiger charge is -2.41. The fourth-order valence-electron chi connectivity index (χ4n) is 2.55. The van der Waals surface area contributed by atoms with Crippen molar-refractivity contribution in [3.8, 4) is 0 Å². The van der Waals surface area contributed by atoms with E-state index < -0.39 is 0 Å². The number of rotatable bonds is 2. The summed E-state index contributed by atoms with van der Waals surface area (Å²) >= 11 is 0. The number of nitrogens with two attached hydrogens (primary N) is 2. The van der Waals surface area contributed by atoms with Gasteiger partial charge in [0.15, 0.2) is 5.82 Å². The molecule has 0 bridgehead atoms. The fourth-order valence-corrected chi connectivity index (χ4v) is 2.55. The lowest BCUT2D eigenvalue weighted by molar-refractivity contribution is 0.0171. The molecular formula is C13H20N8O. The lowest BCUT2D eigenvalue weighted by atomic mass is 10.3. The van der Waals surface area contributed by atoms with E-state index in [0.29, 0.717) is 18.4 Å². The van der Waals surface area contributed by atoms with Gasteiger partial charge in [-0.2, -0.15) is 4.98 Å². The van der Waals surface area contributed by atoms with Gasteiger partial charge >= 0.3 is 0 Å². The van der Waals surface area contributed by atoms with Crippen molar-refractivity contribution in [3.05, 3.63) is 18.5 Å². The van der Waals surface area contributed by atoms with Crippen LogP contribution in [0.2, 0.25) is 0 Å². The molecule has 4 N–H and O–H groups in total. The van der Waals surface area contributed by atoms with Gasteiger partial charge in [0, 0.05) is 38.5 Å². The van der Waals surface area contributed by atoms with Crippen LogP contribution >= 0.6 is 0 Å². The highest BCUT2D eigenvalue weighted by Crippen LogP contribution is 2.22. The molecule has 9 heteroatoms. The predicted octanol–water partition coefficient (Wildman–Crippen LogP) is -0.490. The molecular weight excluding hydrogens is 284 g/mol. The van der Waals surface area contributed by atoms with Crippen LogP contribution in [0.3, 0.4) is 0 Å². The first-order valence-corrected chi connectivity index (χ1v) is 7.08. The van der Waals surface area contributed by atoms with Crippen molar-refractivity contribution >= 4 is 23.4 Å². The van der Waals surface area contributed by atoms with Crippen LogP contribution in [-0.4, -0.2) is 65.8 Å². The smallest absolute Gasteiger partial charge is 0.222 e. The van der Waals surface area contributed by atoms with E-state index in [-0.39, 0.29) is 5.95 Å². The Morgan fingerprint density at radius 3 is 2.55 bits per heavy atom. The van der Waals surface area contributed by atoms with Gasteiger partial charge < -0.3 is 21.1 Å². The van der Waals surface area contributed by atoms with E-state index in [2.05, 4.69) is 29.9 Å². The van der Waals surface area contributed by atoms with Crippen molar-refractivity contribution in [3.63, 3.8) is 0 Å². The van der Waals surface area contributed by atoms with E-state index in [9.17, 15) is 0 Å². The number of methoxy groups -OCH3 is 1. The number of hydrazine groups is 1. The maximum atomic E-state index is 5.92. The van der Waals surface area contributed by atoms with Crippen molar-refractivity contribution in [1.29, 1.82) is 0 Å². The molecule has 0 amide bonds. The Kier molecular flexibility index (Phi) is 3.96. The van der Waals surface area contributed by atoms with Crippen LogP contribution in [0, 0.1) is 0 Å². The standard InChI is InChI=1S/C13H20N8O/c1-22-11-2-3-21(9-17-11)20-6-4-19(5-7-20)10-8-16-13(15)18-12(10)14/h2-3,8H,4-7,9H2,1H3,(H4,14,15,16,18). The maximum Gasteiger partial charge on any atom is 0.222 e. The molecule has 9 nitrogen and oxygen atoms in total. The Balaban J connectivity index is 1.59. The second-order valence-electron chi connectivity index (χ2n) is 5.04. The Morgan fingerprint density at radius 2 is 1.95 bits per heavy atom. The van der Waals surface area contributed by atoms with Gasteiger partial charge in [-0.05, 0) is 0 Å². The van der Waals surface area contributed by atoms with E-state index in [1.54, 1.807) is 13.3 Å². The quantitative estimate of drug-likeness (QED) is 0.753. The lowest BCUT2D eigenvalue weighted by Crippen LogP contribution is -2.52. The van der Waals surface area contributed by atoms with E-state index in [1.807, 2.05) is 12.3 Å². The molecule has 3 rings (SSSR count). The highest BCUT2D eigenvalue weighted by Gasteiger charge is 2.23. The predicted molar refractivity (Wildman–Crippen MR) is 84.9 cm³/mol. The van der Waals surface area contributed by atoms with Crippen molar-refractivity contribution in [2.75, 3.05) is 56.3 Å².